The summed E-state index contributed by atoms with van der Waals surface area (Å²) in [6, 6.07) is 4.17. The van der Waals surface area contributed by atoms with Gasteiger partial charge < -0.3 is 15.4 Å². The van der Waals surface area contributed by atoms with Crippen LogP contribution in [0.1, 0.15) is 17.2 Å². The number of alkyl halides is 3. The van der Waals surface area contributed by atoms with Gasteiger partial charge in [0.15, 0.2) is 0 Å². The SMILES string of the molecule is NC(CN1CCOCC1=O)c1ccc(C(F)(F)F)cc1. The first-order valence-corrected chi connectivity index (χ1v) is 6.16. The molecule has 1 unspecified atom stereocenters. The van der Waals surface area contributed by atoms with Gasteiger partial charge in [0, 0.05) is 19.1 Å². The number of hydrogen-bond acceptors (Lipinski definition) is 3. The maximum atomic E-state index is 12.4. The number of ether oxygens (including phenoxy) is 1. The van der Waals surface area contributed by atoms with E-state index in [9.17, 15) is 18.0 Å². The van der Waals surface area contributed by atoms with Crippen molar-refractivity contribution in [3.63, 3.8) is 0 Å². The van der Waals surface area contributed by atoms with Gasteiger partial charge in [0.1, 0.15) is 6.61 Å². The van der Waals surface area contributed by atoms with Gasteiger partial charge in [-0.3, -0.25) is 4.79 Å². The molecule has 1 aromatic rings. The molecule has 0 bridgehead atoms. The third kappa shape index (κ3) is 3.49. The van der Waals surface area contributed by atoms with Gasteiger partial charge in [-0.25, -0.2) is 0 Å². The number of amides is 1. The lowest BCUT2D eigenvalue weighted by atomic mass is 10.0. The van der Waals surface area contributed by atoms with Crippen molar-refractivity contribution in [2.24, 2.45) is 5.73 Å². The predicted octanol–water partition coefficient (Wildman–Crippen LogP) is 1.56. The van der Waals surface area contributed by atoms with Crippen LogP contribution in [-0.4, -0.2) is 37.1 Å². The first-order chi connectivity index (χ1) is 9.38. The van der Waals surface area contributed by atoms with Crippen LogP contribution in [0.3, 0.4) is 0 Å². The summed E-state index contributed by atoms with van der Waals surface area (Å²) in [7, 11) is 0. The Hall–Kier alpha value is -1.60. The molecule has 2 N–H and O–H groups in total. The van der Waals surface area contributed by atoms with Crippen LogP contribution in [-0.2, 0) is 15.7 Å². The van der Waals surface area contributed by atoms with E-state index in [1.807, 2.05) is 0 Å². The van der Waals surface area contributed by atoms with E-state index >= 15 is 0 Å². The van der Waals surface area contributed by atoms with Crippen molar-refractivity contribution in [2.45, 2.75) is 12.2 Å². The number of carbonyl (C=O) groups is 1. The smallest absolute Gasteiger partial charge is 0.370 e. The van der Waals surface area contributed by atoms with Crippen molar-refractivity contribution >= 4 is 5.91 Å². The summed E-state index contributed by atoms with van der Waals surface area (Å²) in [5.74, 6) is -0.154. The second-order valence-corrected chi connectivity index (χ2v) is 4.62. The van der Waals surface area contributed by atoms with Gasteiger partial charge >= 0.3 is 6.18 Å². The van der Waals surface area contributed by atoms with Gasteiger partial charge in [-0.1, -0.05) is 12.1 Å². The third-order valence-corrected chi connectivity index (χ3v) is 3.17. The molecule has 2 rings (SSSR count). The van der Waals surface area contributed by atoms with Crippen molar-refractivity contribution < 1.29 is 22.7 Å². The molecule has 1 amide bonds. The minimum Gasteiger partial charge on any atom is -0.370 e. The molecule has 1 aliphatic rings. The van der Waals surface area contributed by atoms with Gasteiger partial charge in [0.2, 0.25) is 5.91 Å². The van der Waals surface area contributed by atoms with E-state index in [4.69, 9.17) is 10.5 Å². The maximum Gasteiger partial charge on any atom is 0.416 e. The zero-order valence-corrected chi connectivity index (χ0v) is 10.7. The van der Waals surface area contributed by atoms with Crippen LogP contribution in [0.15, 0.2) is 24.3 Å². The standard InChI is InChI=1S/C13H15F3N2O2/c14-13(15,16)10-3-1-9(2-4-10)11(17)7-18-5-6-20-8-12(18)19/h1-4,11H,5-8,17H2. The predicted molar refractivity (Wildman–Crippen MR) is 65.8 cm³/mol. The average molecular weight is 288 g/mol. The molecule has 1 saturated heterocycles. The molecule has 0 radical (unpaired) electrons. The number of benzene rings is 1. The van der Waals surface area contributed by atoms with Crippen LogP contribution in [0.4, 0.5) is 13.2 Å². The maximum absolute atomic E-state index is 12.4. The molecule has 0 aliphatic carbocycles. The molecule has 1 aliphatic heterocycles. The third-order valence-electron chi connectivity index (χ3n) is 3.17. The Labute approximate surface area is 114 Å². The van der Waals surface area contributed by atoms with Crippen LogP contribution in [0.5, 0.6) is 0 Å². The number of nitrogens with two attached hydrogens (primary N) is 1. The van der Waals surface area contributed by atoms with Gasteiger partial charge in [-0.15, -0.1) is 0 Å². The molecule has 20 heavy (non-hydrogen) atoms. The Morgan fingerprint density at radius 1 is 1.30 bits per heavy atom. The van der Waals surface area contributed by atoms with Crippen molar-refractivity contribution in [1.29, 1.82) is 0 Å². The first kappa shape index (κ1) is 14.8. The Balaban J connectivity index is 2.02. The molecule has 1 fully saturated rings. The van der Waals surface area contributed by atoms with E-state index in [0.717, 1.165) is 12.1 Å². The monoisotopic (exact) mass is 288 g/mol. The Bertz CT molecular complexity index is 473. The Kier molecular flexibility index (Phi) is 4.29. The summed E-state index contributed by atoms with van der Waals surface area (Å²) < 4.78 is 42.3. The first-order valence-electron chi connectivity index (χ1n) is 6.16. The fourth-order valence-electron chi connectivity index (χ4n) is 2.01. The molecule has 110 valence electrons. The highest BCUT2D eigenvalue weighted by atomic mass is 19.4. The van der Waals surface area contributed by atoms with Crippen molar-refractivity contribution in [1.82, 2.24) is 4.90 Å². The summed E-state index contributed by atoms with van der Waals surface area (Å²) >= 11 is 0. The lowest BCUT2D eigenvalue weighted by Gasteiger charge is -2.29. The summed E-state index contributed by atoms with van der Waals surface area (Å²) in [6.45, 7) is 1.20. The van der Waals surface area contributed by atoms with Crippen molar-refractivity contribution in [3.8, 4) is 0 Å². The number of hydrogen-bond donors (Lipinski definition) is 1. The molecule has 4 nitrogen and oxygen atoms in total. The van der Waals surface area contributed by atoms with Crippen LogP contribution in [0.2, 0.25) is 0 Å². The molecule has 1 heterocycles. The number of morpholine rings is 1. The topological polar surface area (TPSA) is 55.6 Å². The normalized spacial score (nSPS) is 18.2. The Morgan fingerprint density at radius 2 is 1.95 bits per heavy atom. The van der Waals surface area contributed by atoms with Gasteiger partial charge in [0.25, 0.3) is 0 Å². The highest BCUT2D eigenvalue weighted by Crippen LogP contribution is 2.29. The average Bonchev–Trinajstić information content (AvgIpc) is 2.40. The van der Waals surface area contributed by atoms with Crippen LogP contribution in [0, 0.1) is 0 Å². The second-order valence-electron chi connectivity index (χ2n) is 4.62. The number of carbonyl (C=O) groups excluding carboxylic acids is 1. The van der Waals surface area contributed by atoms with Crippen LogP contribution < -0.4 is 5.73 Å². The molecule has 1 atom stereocenters. The van der Waals surface area contributed by atoms with Gasteiger partial charge in [0.05, 0.1) is 12.2 Å². The molecule has 0 spiro atoms. The Morgan fingerprint density at radius 3 is 2.50 bits per heavy atom. The van der Waals surface area contributed by atoms with Gasteiger partial charge in [-0.05, 0) is 17.7 Å². The summed E-state index contributed by atoms with van der Waals surface area (Å²) in [5.41, 5.74) is 5.79. The lowest BCUT2D eigenvalue weighted by Crippen LogP contribution is -2.44. The molecule has 7 heteroatoms. The fourth-order valence-corrected chi connectivity index (χ4v) is 2.01. The molecular weight excluding hydrogens is 273 g/mol. The van der Waals surface area contributed by atoms with Gasteiger partial charge in [-0.2, -0.15) is 13.2 Å². The van der Waals surface area contributed by atoms with Crippen LogP contribution >= 0.6 is 0 Å². The van der Waals surface area contributed by atoms with Crippen molar-refractivity contribution in [2.75, 3.05) is 26.3 Å². The van der Waals surface area contributed by atoms with E-state index < -0.39 is 17.8 Å². The minimum absolute atomic E-state index is 0.0275. The summed E-state index contributed by atoms with van der Waals surface area (Å²) in [6.07, 6.45) is -4.36. The summed E-state index contributed by atoms with van der Waals surface area (Å²) in [4.78, 5) is 13.1. The fraction of sp³-hybridized carbons (Fsp3) is 0.462. The van der Waals surface area contributed by atoms with E-state index in [-0.39, 0.29) is 19.1 Å². The molecule has 0 aromatic heterocycles. The number of nitrogens with zero attached hydrogens (tertiary/aromatic N) is 1. The number of rotatable bonds is 3. The number of halogens is 3. The van der Waals surface area contributed by atoms with E-state index in [1.165, 1.54) is 12.1 Å². The molecule has 1 aromatic carbocycles. The largest absolute Gasteiger partial charge is 0.416 e. The zero-order chi connectivity index (χ0) is 14.8. The minimum atomic E-state index is -4.36. The highest BCUT2D eigenvalue weighted by Gasteiger charge is 2.30. The molecular formula is C13H15F3N2O2. The summed E-state index contributed by atoms with van der Waals surface area (Å²) in [5, 5.41) is 0. The molecule has 0 saturated carbocycles. The van der Waals surface area contributed by atoms with E-state index in [0.29, 0.717) is 18.7 Å². The van der Waals surface area contributed by atoms with E-state index in [1.54, 1.807) is 4.90 Å². The lowest BCUT2D eigenvalue weighted by molar-refractivity contribution is -0.142. The quantitative estimate of drug-likeness (QED) is 0.918. The van der Waals surface area contributed by atoms with E-state index in [2.05, 4.69) is 0 Å². The van der Waals surface area contributed by atoms with Crippen LogP contribution in [0.25, 0.3) is 0 Å². The second kappa shape index (κ2) is 5.80. The highest BCUT2D eigenvalue weighted by molar-refractivity contribution is 5.78. The van der Waals surface area contributed by atoms with Crippen molar-refractivity contribution in [3.05, 3.63) is 35.4 Å². The zero-order valence-electron chi connectivity index (χ0n) is 10.7.